The van der Waals surface area contributed by atoms with Crippen LogP contribution in [-0.2, 0) is 24.4 Å². The maximum absolute atomic E-state index is 12.2. The lowest BCUT2D eigenvalue weighted by Gasteiger charge is -2.10. The SMILES string of the molecule is C=CCn1c(COc2cc(Cl)ccc2Cl)nnc1SCC(=O)Nc1nnc(CC)s1. The van der Waals surface area contributed by atoms with Crippen LogP contribution in [0.3, 0.4) is 0 Å². The van der Waals surface area contributed by atoms with E-state index < -0.39 is 0 Å². The van der Waals surface area contributed by atoms with Crippen molar-refractivity contribution in [1.82, 2.24) is 25.0 Å². The van der Waals surface area contributed by atoms with E-state index in [0.717, 1.165) is 11.4 Å². The Labute approximate surface area is 191 Å². The Morgan fingerprint density at radius 2 is 2.17 bits per heavy atom. The zero-order chi connectivity index (χ0) is 21.5. The van der Waals surface area contributed by atoms with E-state index in [2.05, 4.69) is 32.3 Å². The van der Waals surface area contributed by atoms with Crippen LogP contribution < -0.4 is 10.1 Å². The van der Waals surface area contributed by atoms with Gasteiger partial charge in [-0.2, -0.15) is 0 Å². The summed E-state index contributed by atoms with van der Waals surface area (Å²) in [7, 11) is 0. The number of allylic oxidation sites excluding steroid dienone is 1. The molecule has 158 valence electrons. The molecule has 12 heteroatoms. The van der Waals surface area contributed by atoms with Crippen molar-refractivity contribution >= 4 is 57.3 Å². The molecule has 0 aliphatic heterocycles. The highest BCUT2D eigenvalue weighted by Crippen LogP contribution is 2.28. The molecule has 2 heterocycles. The standard InChI is InChI=1S/C18H18Cl2N6O2S2/c1-3-7-26-14(9-28-13-8-11(19)5-6-12(13)20)22-25-18(26)29-10-15(27)21-17-24-23-16(4-2)30-17/h3,5-6,8H,1,4,7,9-10H2,2H3,(H,21,24,27). The predicted octanol–water partition coefficient (Wildman–Crippen LogP) is 4.49. The van der Waals surface area contributed by atoms with Gasteiger partial charge in [0.15, 0.2) is 11.0 Å². The number of nitrogens with one attached hydrogen (secondary N) is 1. The molecule has 0 bridgehead atoms. The second-order valence-electron chi connectivity index (χ2n) is 5.85. The fraction of sp³-hybridized carbons (Fsp3) is 0.278. The van der Waals surface area contributed by atoms with Crippen LogP contribution in [0.25, 0.3) is 0 Å². The van der Waals surface area contributed by atoms with Crippen LogP contribution in [0.4, 0.5) is 5.13 Å². The van der Waals surface area contributed by atoms with Crippen molar-refractivity contribution in [2.24, 2.45) is 0 Å². The van der Waals surface area contributed by atoms with Gasteiger partial charge in [0.2, 0.25) is 11.0 Å². The number of thioether (sulfide) groups is 1. The quantitative estimate of drug-likeness (QED) is 0.334. The molecule has 0 fully saturated rings. The van der Waals surface area contributed by atoms with Gasteiger partial charge in [-0.3, -0.25) is 14.7 Å². The zero-order valence-corrected chi connectivity index (χ0v) is 19.1. The van der Waals surface area contributed by atoms with Gasteiger partial charge < -0.3 is 4.74 Å². The Kier molecular flexibility index (Phi) is 8.08. The second-order valence-corrected chi connectivity index (χ2v) is 8.70. The summed E-state index contributed by atoms with van der Waals surface area (Å²) in [4.78, 5) is 12.2. The van der Waals surface area contributed by atoms with Gasteiger partial charge in [-0.1, -0.05) is 59.3 Å². The number of carbonyl (C=O) groups excluding carboxylic acids is 1. The summed E-state index contributed by atoms with van der Waals surface area (Å²) >= 11 is 14.7. The zero-order valence-electron chi connectivity index (χ0n) is 16.0. The number of amides is 1. The molecule has 1 N–H and O–H groups in total. The molecule has 0 aliphatic carbocycles. The number of aryl methyl sites for hydroxylation is 1. The smallest absolute Gasteiger partial charge is 0.236 e. The van der Waals surface area contributed by atoms with Crippen LogP contribution in [0.2, 0.25) is 10.0 Å². The van der Waals surface area contributed by atoms with Crippen molar-refractivity contribution in [3.05, 3.63) is 51.7 Å². The minimum atomic E-state index is -0.199. The van der Waals surface area contributed by atoms with Crippen molar-refractivity contribution in [1.29, 1.82) is 0 Å². The van der Waals surface area contributed by atoms with Gasteiger partial charge >= 0.3 is 0 Å². The molecule has 0 saturated carbocycles. The van der Waals surface area contributed by atoms with E-state index in [9.17, 15) is 4.79 Å². The Morgan fingerprint density at radius 1 is 1.33 bits per heavy atom. The minimum absolute atomic E-state index is 0.137. The minimum Gasteiger partial charge on any atom is -0.484 e. The third-order valence-corrected chi connectivity index (χ3v) is 6.20. The first kappa shape index (κ1) is 22.5. The maximum Gasteiger partial charge on any atom is 0.236 e. The van der Waals surface area contributed by atoms with E-state index in [0.29, 0.717) is 38.5 Å². The molecule has 1 aromatic carbocycles. The van der Waals surface area contributed by atoms with Crippen LogP contribution in [0.15, 0.2) is 36.0 Å². The highest BCUT2D eigenvalue weighted by Gasteiger charge is 2.15. The molecule has 1 amide bonds. The molecule has 0 spiro atoms. The van der Waals surface area contributed by atoms with Crippen LogP contribution >= 0.6 is 46.3 Å². The van der Waals surface area contributed by atoms with E-state index in [1.807, 2.05) is 11.5 Å². The first-order valence-electron chi connectivity index (χ1n) is 8.86. The highest BCUT2D eigenvalue weighted by atomic mass is 35.5. The lowest BCUT2D eigenvalue weighted by Crippen LogP contribution is -2.15. The number of anilines is 1. The van der Waals surface area contributed by atoms with Gasteiger partial charge in [0, 0.05) is 17.6 Å². The number of ether oxygens (including phenoxy) is 1. The van der Waals surface area contributed by atoms with E-state index in [1.165, 1.54) is 23.1 Å². The Morgan fingerprint density at radius 3 is 2.90 bits per heavy atom. The summed E-state index contributed by atoms with van der Waals surface area (Å²) in [5.74, 6) is 0.979. The molecule has 2 aromatic heterocycles. The van der Waals surface area contributed by atoms with Crippen molar-refractivity contribution in [3.8, 4) is 5.75 Å². The fourth-order valence-electron chi connectivity index (χ4n) is 2.31. The van der Waals surface area contributed by atoms with Gasteiger partial charge in [0.05, 0.1) is 10.8 Å². The third-order valence-electron chi connectivity index (χ3n) is 3.70. The Hall–Kier alpha value is -2.14. The van der Waals surface area contributed by atoms with E-state index in [-0.39, 0.29) is 18.3 Å². The van der Waals surface area contributed by atoms with Gasteiger partial charge in [0.25, 0.3) is 0 Å². The number of aromatic nitrogens is 5. The summed E-state index contributed by atoms with van der Waals surface area (Å²) in [5, 5.41) is 21.9. The van der Waals surface area contributed by atoms with Crippen molar-refractivity contribution in [2.75, 3.05) is 11.1 Å². The number of hydrogen-bond donors (Lipinski definition) is 1. The van der Waals surface area contributed by atoms with Gasteiger partial charge in [-0.05, 0) is 18.6 Å². The predicted molar refractivity (Wildman–Crippen MR) is 120 cm³/mol. The van der Waals surface area contributed by atoms with Crippen LogP contribution in [0, 0.1) is 0 Å². The summed E-state index contributed by atoms with van der Waals surface area (Å²) in [5.41, 5.74) is 0. The first-order valence-corrected chi connectivity index (χ1v) is 11.4. The number of halogens is 2. The molecule has 0 aliphatic rings. The normalized spacial score (nSPS) is 10.8. The molecular formula is C18H18Cl2N6O2S2. The molecular weight excluding hydrogens is 467 g/mol. The molecule has 8 nitrogen and oxygen atoms in total. The van der Waals surface area contributed by atoms with Crippen molar-refractivity contribution in [2.45, 2.75) is 31.7 Å². The van der Waals surface area contributed by atoms with Gasteiger partial charge in [-0.25, -0.2) is 0 Å². The topological polar surface area (TPSA) is 94.8 Å². The number of hydrogen-bond acceptors (Lipinski definition) is 8. The summed E-state index contributed by atoms with van der Waals surface area (Å²) < 4.78 is 7.57. The molecule has 30 heavy (non-hydrogen) atoms. The number of carbonyl (C=O) groups is 1. The second kappa shape index (κ2) is 10.8. The van der Waals surface area contributed by atoms with Crippen molar-refractivity contribution < 1.29 is 9.53 Å². The highest BCUT2D eigenvalue weighted by molar-refractivity contribution is 7.99. The largest absolute Gasteiger partial charge is 0.484 e. The third kappa shape index (κ3) is 5.94. The fourth-order valence-corrected chi connectivity index (χ4v) is 4.10. The van der Waals surface area contributed by atoms with E-state index >= 15 is 0 Å². The maximum atomic E-state index is 12.2. The lowest BCUT2D eigenvalue weighted by molar-refractivity contribution is -0.113. The number of nitrogens with zero attached hydrogens (tertiary/aromatic N) is 5. The number of benzene rings is 1. The average molecular weight is 485 g/mol. The molecule has 3 aromatic rings. The first-order chi connectivity index (χ1) is 14.5. The molecule has 0 saturated heterocycles. The van der Waals surface area contributed by atoms with Crippen LogP contribution in [-0.4, -0.2) is 36.6 Å². The monoisotopic (exact) mass is 484 g/mol. The van der Waals surface area contributed by atoms with Crippen LogP contribution in [0.5, 0.6) is 5.75 Å². The van der Waals surface area contributed by atoms with Gasteiger partial charge in [-0.15, -0.1) is 27.0 Å². The molecule has 0 unspecified atom stereocenters. The van der Waals surface area contributed by atoms with E-state index in [1.54, 1.807) is 24.3 Å². The lowest BCUT2D eigenvalue weighted by atomic mass is 10.3. The van der Waals surface area contributed by atoms with E-state index in [4.69, 9.17) is 27.9 Å². The summed E-state index contributed by atoms with van der Waals surface area (Å²) in [6, 6.07) is 4.98. The molecule has 3 rings (SSSR count). The average Bonchev–Trinajstić information content (AvgIpc) is 3.34. The van der Waals surface area contributed by atoms with Crippen molar-refractivity contribution in [3.63, 3.8) is 0 Å². The molecule has 0 atom stereocenters. The van der Waals surface area contributed by atoms with Crippen LogP contribution in [0.1, 0.15) is 17.8 Å². The Bertz CT molecular complexity index is 1040. The summed E-state index contributed by atoms with van der Waals surface area (Å²) in [6.07, 6.45) is 2.50. The number of rotatable bonds is 10. The Balaban J connectivity index is 1.62. The summed E-state index contributed by atoms with van der Waals surface area (Å²) in [6.45, 7) is 6.35. The van der Waals surface area contributed by atoms with Gasteiger partial charge in [0.1, 0.15) is 17.4 Å². The molecule has 0 radical (unpaired) electrons.